The van der Waals surface area contributed by atoms with Gasteiger partial charge in [-0.2, -0.15) is 0 Å². The molecule has 9 rings (SSSR count). The summed E-state index contributed by atoms with van der Waals surface area (Å²) in [5.74, 6) is 0. The standard InChI is InChI=1S/C44H20Cl8N4.4CH4.Fe/c45-21-5-1-6-22(46)37(21)41-29-13-15-31(53-29)42(38-23(47)7-2-8-24(38)48)33-17-19-35(55-33)44(40-27(51)11-4-12-28(40)52)36-20-18-34(56-36)43(32-16-14-30(41)54-32)39-25(49)9-3-10-26(39)50;;;;;/h1-20H;4*1H4;/q-2;;;;;+2. The molecule has 4 aromatic carbocycles. The summed E-state index contributed by atoms with van der Waals surface area (Å²) in [6, 6.07) is 28.8. The van der Waals surface area contributed by atoms with E-state index in [4.69, 9.17) is 113 Å². The molecule has 312 valence electrons. The van der Waals surface area contributed by atoms with E-state index in [1.165, 1.54) is 0 Å². The van der Waals surface area contributed by atoms with Crippen molar-refractivity contribution in [2.45, 2.75) is 29.7 Å². The Morgan fingerprint density at radius 3 is 0.639 bits per heavy atom. The Bertz CT molecular complexity index is 2560. The Morgan fingerprint density at radius 2 is 0.459 bits per heavy atom. The molecule has 4 nitrogen and oxygen atoms in total. The molecule has 7 aromatic rings. The van der Waals surface area contributed by atoms with Gasteiger partial charge < -0.3 is 9.97 Å². The maximum absolute atomic E-state index is 6.93. The number of aromatic nitrogens is 4. The van der Waals surface area contributed by atoms with Gasteiger partial charge in [0.25, 0.3) is 0 Å². The molecule has 8 bridgehead atoms. The average Bonchev–Trinajstić information content (AvgIpc) is 4.00. The quantitative estimate of drug-likeness (QED) is 0.165. The van der Waals surface area contributed by atoms with Crippen LogP contribution >= 0.6 is 92.8 Å². The fourth-order valence-corrected chi connectivity index (χ4v) is 9.40. The van der Waals surface area contributed by atoms with Crippen LogP contribution < -0.4 is 9.97 Å². The van der Waals surface area contributed by atoms with Crippen molar-refractivity contribution in [3.8, 4) is 44.5 Å². The van der Waals surface area contributed by atoms with Crippen molar-refractivity contribution in [1.82, 2.24) is 19.9 Å². The van der Waals surface area contributed by atoms with E-state index < -0.39 is 0 Å². The number of rotatable bonds is 4. The van der Waals surface area contributed by atoms with Gasteiger partial charge in [-0.25, -0.2) is 9.97 Å². The molecule has 0 saturated heterocycles. The van der Waals surface area contributed by atoms with E-state index in [1.54, 1.807) is 72.8 Å². The normalized spacial score (nSPS) is 11.1. The number of nitrogens with zero attached hydrogens (tertiary/aromatic N) is 4. The van der Waals surface area contributed by atoms with Crippen molar-refractivity contribution in [3.63, 3.8) is 0 Å². The first-order chi connectivity index (χ1) is 27.1. The van der Waals surface area contributed by atoms with Crippen molar-refractivity contribution >= 4 is 139 Å². The minimum atomic E-state index is 0. The predicted molar refractivity (Wildman–Crippen MR) is 266 cm³/mol. The summed E-state index contributed by atoms with van der Waals surface area (Å²) in [6.07, 6.45) is 7.53. The fourth-order valence-electron chi connectivity index (χ4n) is 7.06. The summed E-state index contributed by atoms with van der Waals surface area (Å²) in [5.41, 5.74) is 8.93. The average molecular weight is 1010 g/mol. The second-order valence-electron chi connectivity index (χ2n) is 12.7. The molecule has 0 aliphatic carbocycles. The molecule has 5 heterocycles. The van der Waals surface area contributed by atoms with Crippen LogP contribution in [0, 0.1) is 0 Å². The van der Waals surface area contributed by atoms with E-state index in [2.05, 4.69) is 0 Å². The van der Waals surface area contributed by atoms with E-state index in [-0.39, 0.29) is 46.8 Å². The Labute approximate surface area is 407 Å². The minimum Gasteiger partial charge on any atom is -0.657 e. The Kier molecular flexibility index (Phi) is 16.6. The summed E-state index contributed by atoms with van der Waals surface area (Å²) < 4.78 is 0. The fraction of sp³-hybridized carbons (Fsp3) is 0.0833. The summed E-state index contributed by atoms with van der Waals surface area (Å²) >= 11 is 55.4. The van der Waals surface area contributed by atoms with Crippen LogP contribution in [0.3, 0.4) is 0 Å². The van der Waals surface area contributed by atoms with Gasteiger partial charge in [-0.1, -0.05) is 171 Å². The third-order valence-electron chi connectivity index (χ3n) is 9.46. The van der Waals surface area contributed by atoms with Gasteiger partial charge in [0.2, 0.25) is 0 Å². The zero-order chi connectivity index (χ0) is 38.8. The summed E-state index contributed by atoms with van der Waals surface area (Å²) in [7, 11) is 0. The predicted octanol–water partition coefficient (Wildman–Crippen LogP) is 18.4. The Balaban J connectivity index is 0.00000164. The van der Waals surface area contributed by atoms with Gasteiger partial charge in [0.1, 0.15) is 0 Å². The van der Waals surface area contributed by atoms with Crippen LogP contribution in [0.15, 0.2) is 97.1 Å². The first-order valence-electron chi connectivity index (χ1n) is 16.9. The molecule has 0 unspecified atom stereocenters. The smallest absolute Gasteiger partial charge is 0.657 e. The van der Waals surface area contributed by atoms with Gasteiger partial charge in [-0.3, -0.25) is 0 Å². The molecule has 0 amide bonds. The van der Waals surface area contributed by atoms with E-state index >= 15 is 0 Å². The minimum absolute atomic E-state index is 0. The topological polar surface area (TPSA) is 54.0 Å². The maximum Gasteiger partial charge on any atom is 2.00 e. The van der Waals surface area contributed by atoms with Gasteiger partial charge in [0.15, 0.2) is 0 Å². The number of hydrogen-bond acceptors (Lipinski definition) is 2. The van der Waals surface area contributed by atoms with E-state index in [9.17, 15) is 0 Å². The van der Waals surface area contributed by atoms with Crippen molar-refractivity contribution in [2.75, 3.05) is 0 Å². The third kappa shape index (κ3) is 8.94. The van der Waals surface area contributed by atoms with Gasteiger partial charge in [-0.15, -0.1) is 22.1 Å². The molecule has 0 spiro atoms. The Morgan fingerprint density at radius 1 is 0.279 bits per heavy atom. The monoisotopic (exact) mass is 1000 g/mol. The van der Waals surface area contributed by atoms with Gasteiger partial charge in [-0.05, 0) is 95.1 Å². The van der Waals surface area contributed by atoms with Crippen molar-refractivity contribution in [1.29, 1.82) is 0 Å². The number of halogens is 8. The number of hydrogen-bond donors (Lipinski definition) is 0. The molecule has 2 aliphatic rings. The van der Waals surface area contributed by atoms with Gasteiger partial charge in [0, 0.05) is 62.4 Å². The zero-order valence-electron chi connectivity index (χ0n) is 28.7. The second kappa shape index (κ2) is 20.2. The molecule has 0 atom stereocenters. The largest absolute Gasteiger partial charge is 2.00 e. The molecule has 13 heteroatoms. The summed E-state index contributed by atoms with van der Waals surface area (Å²) in [5, 5.41) is 3.32. The first-order valence-corrected chi connectivity index (χ1v) is 19.9. The summed E-state index contributed by atoms with van der Waals surface area (Å²) in [6.45, 7) is 0. The van der Waals surface area contributed by atoms with Crippen LogP contribution in [-0.2, 0) is 17.1 Å². The van der Waals surface area contributed by atoms with Crippen LogP contribution in [0.4, 0.5) is 0 Å². The number of benzene rings is 4. The van der Waals surface area contributed by atoms with Gasteiger partial charge >= 0.3 is 17.1 Å². The van der Waals surface area contributed by atoms with Crippen molar-refractivity contribution in [2.24, 2.45) is 0 Å². The van der Waals surface area contributed by atoms with Crippen molar-refractivity contribution in [3.05, 3.63) is 160 Å². The van der Waals surface area contributed by atoms with Gasteiger partial charge in [0.05, 0.1) is 22.8 Å². The van der Waals surface area contributed by atoms with Crippen LogP contribution in [0.25, 0.3) is 90.9 Å². The third-order valence-corrected chi connectivity index (χ3v) is 12.0. The molecule has 61 heavy (non-hydrogen) atoms. The maximum atomic E-state index is 6.93. The second-order valence-corrected chi connectivity index (χ2v) is 16.0. The molecule has 0 fully saturated rings. The van der Waals surface area contributed by atoms with Crippen LogP contribution in [0.1, 0.15) is 52.5 Å². The molecule has 0 radical (unpaired) electrons. The summed E-state index contributed by atoms with van der Waals surface area (Å²) in [4.78, 5) is 20.8. The number of fused-ring (bicyclic) bond motifs is 8. The SMILES string of the molecule is C.C.C.C.Clc1cccc(Cl)c1-c1c2nc(c(-c3c(Cl)cccc3Cl)c3ccc([n-]3)c(-c3c(Cl)cccc3Cl)c3nc(c(-c4c(Cl)cccc4Cl)c4ccc1[n-]4)C=C3)C=C2.[Fe+2]. The molecular weight excluding hydrogens is 972 g/mol. The molecule has 0 saturated carbocycles. The van der Waals surface area contributed by atoms with E-state index in [0.717, 1.165) is 0 Å². The molecule has 0 N–H and O–H groups in total. The van der Waals surface area contributed by atoms with Crippen LogP contribution in [-0.4, -0.2) is 9.97 Å². The first kappa shape index (κ1) is 50.0. The van der Waals surface area contributed by atoms with E-state index in [0.29, 0.717) is 130 Å². The molecule has 2 aliphatic heterocycles. The zero-order valence-corrected chi connectivity index (χ0v) is 35.9. The van der Waals surface area contributed by atoms with Crippen molar-refractivity contribution < 1.29 is 17.1 Å². The van der Waals surface area contributed by atoms with E-state index in [1.807, 2.05) is 48.6 Å². The Hall–Kier alpha value is -3.68. The molecule has 3 aromatic heterocycles. The molecular formula is C48H36Cl8FeN4. The van der Waals surface area contributed by atoms with Crippen LogP contribution in [0.5, 0.6) is 0 Å². The van der Waals surface area contributed by atoms with Crippen LogP contribution in [0.2, 0.25) is 40.2 Å².